The van der Waals surface area contributed by atoms with Gasteiger partial charge in [-0.3, -0.25) is 4.79 Å². The second kappa shape index (κ2) is 9.43. The molecule has 0 amide bonds. The molecule has 0 saturated carbocycles. The average molecular weight is 475 g/mol. The Bertz CT molecular complexity index is 1250. The smallest absolute Gasteiger partial charge is 0.163 e. The van der Waals surface area contributed by atoms with Crippen molar-refractivity contribution >= 4 is 28.8 Å². The van der Waals surface area contributed by atoms with E-state index in [2.05, 4.69) is 22.8 Å². The molecule has 6 heteroatoms. The summed E-state index contributed by atoms with van der Waals surface area (Å²) in [5.74, 6) is 1.68. The molecule has 0 fully saturated rings. The van der Waals surface area contributed by atoms with Crippen molar-refractivity contribution in [2.45, 2.75) is 31.7 Å². The summed E-state index contributed by atoms with van der Waals surface area (Å²) < 4.78 is 10.9. The van der Waals surface area contributed by atoms with Crippen molar-refractivity contribution in [3.05, 3.63) is 94.1 Å². The van der Waals surface area contributed by atoms with Crippen molar-refractivity contribution in [2.24, 2.45) is 0 Å². The van der Waals surface area contributed by atoms with E-state index in [0.717, 1.165) is 45.9 Å². The van der Waals surface area contributed by atoms with E-state index in [1.807, 2.05) is 61.5 Å². The number of ketones is 1. The summed E-state index contributed by atoms with van der Waals surface area (Å²) in [6.45, 7) is 2.60. The summed E-state index contributed by atoms with van der Waals surface area (Å²) >= 11 is 6.46. The molecule has 1 aliphatic carbocycles. The molecule has 0 spiro atoms. The Morgan fingerprint density at radius 1 is 0.971 bits per heavy atom. The van der Waals surface area contributed by atoms with Gasteiger partial charge in [-0.05, 0) is 66.8 Å². The van der Waals surface area contributed by atoms with Crippen molar-refractivity contribution in [1.29, 1.82) is 0 Å². The summed E-state index contributed by atoms with van der Waals surface area (Å²) in [6.07, 6.45) is 1.19. The molecule has 5 rings (SSSR count). The second-order valence-electron chi connectivity index (χ2n) is 8.56. The minimum Gasteiger partial charge on any atom is -0.495 e. The van der Waals surface area contributed by atoms with Crippen LogP contribution in [0.2, 0.25) is 5.02 Å². The van der Waals surface area contributed by atoms with Gasteiger partial charge in [0.25, 0.3) is 0 Å². The Hall–Kier alpha value is -3.44. The number of carbonyl (C=O) groups is 1. The Morgan fingerprint density at radius 2 is 1.71 bits per heavy atom. The van der Waals surface area contributed by atoms with Gasteiger partial charge in [0, 0.05) is 17.7 Å². The number of benzene rings is 3. The number of nitrogens with one attached hydrogen (secondary N) is 2. The average Bonchev–Trinajstić information content (AvgIpc) is 3.01. The van der Waals surface area contributed by atoms with Crippen LogP contribution in [0.5, 0.6) is 11.5 Å². The van der Waals surface area contributed by atoms with Crippen LogP contribution in [-0.4, -0.2) is 19.5 Å². The molecule has 2 aliphatic rings. The molecule has 2 atom stereocenters. The molecule has 3 aromatic carbocycles. The number of Topliss-reactive ketones (excluding diaryl/α,β-unsaturated/α-hetero) is 1. The number of anilines is 2. The third-order valence-electron chi connectivity index (χ3n) is 6.48. The highest BCUT2D eigenvalue weighted by Gasteiger charge is 2.36. The van der Waals surface area contributed by atoms with E-state index in [-0.39, 0.29) is 17.7 Å². The van der Waals surface area contributed by atoms with Crippen LogP contribution in [0.4, 0.5) is 11.4 Å². The summed E-state index contributed by atoms with van der Waals surface area (Å²) in [5, 5.41) is 7.68. The van der Waals surface area contributed by atoms with E-state index in [4.69, 9.17) is 21.1 Å². The number of hydrogen-bond acceptors (Lipinski definition) is 5. The predicted octanol–water partition coefficient (Wildman–Crippen LogP) is 6.73. The maximum absolute atomic E-state index is 13.7. The van der Waals surface area contributed by atoms with Gasteiger partial charge in [0.2, 0.25) is 0 Å². The van der Waals surface area contributed by atoms with Gasteiger partial charge in [0.05, 0.1) is 36.2 Å². The standard InChI is InChI=1S/C28H27ClN2O3/c1-3-34-20-11-8-17(9-12-20)19-15-24-27(25(32)16-19)28(18-10-13-26(33-2)21(29)14-18)31-23-7-5-4-6-22(23)30-24/h4-14,19,28,30-31H,3,15-16H2,1-2H3. The fourth-order valence-electron chi connectivity index (χ4n) is 4.84. The molecule has 2 unspecified atom stereocenters. The summed E-state index contributed by atoms with van der Waals surface area (Å²) in [6, 6.07) is 21.5. The fourth-order valence-corrected chi connectivity index (χ4v) is 5.11. The highest BCUT2D eigenvalue weighted by Crippen LogP contribution is 2.45. The van der Waals surface area contributed by atoms with Crippen LogP contribution in [-0.2, 0) is 4.79 Å². The molecule has 34 heavy (non-hydrogen) atoms. The number of para-hydroxylation sites is 2. The molecule has 2 N–H and O–H groups in total. The van der Waals surface area contributed by atoms with Gasteiger partial charge < -0.3 is 20.1 Å². The van der Waals surface area contributed by atoms with Gasteiger partial charge in [-0.25, -0.2) is 0 Å². The van der Waals surface area contributed by atoms with Crippen molar-refractivity contribution in [1.82, 2.24) is 0 Å². The Labute approximate surface area is 204 Å². The van der Waals surface area contributed by atoms with Gasteiger partial charge in [-0.1, -0.05) is 41.9 Å². The number of rotatable bonds is 5. The third kappa shape index (κ3) is 4.24. The van der Waals surface area contributed by atoms with Crippen LogP contribution in [0.1, 0.15) is 42.9 Å². The molecule has 5 nitrogen and oxygen atoms in total. The Morgan fingerprint density at radius 3 is 2.41 bits per heavy atom. The first-order chi connectivity index (χ1) is 16.6. The van der Waals surface area contributed by atoms with Gasteiger partial charge in [0.1, 0.15) is 11.5 Å². The van der Waals surface area contributed by atoms with Gasteiger partial charge >= 0.3 is 0 Å². The number of halogens is 1. The van der Waals surface area contributed by atoms with E-state index < -0.39 is 0 Å². The van der Waals surface area contributed by atoms with E-state index in [9.17, 15) is 4.79 Å². The normalized spacial score (nSPS) is 19.3. The van der Waals surface area contributed by atoms with Crippen LogP contribution in [0.15, 0.2) is 78.0 Å². The molecule has 1 aliphatic heterocycles. The molecule has 0 radical (unpaired) electrons. The number of hydrogen-bond donors (Lipinski definition) is 2. The van der Waals surface area contributed by atoms with Crippen molar-refractivity contribution in [3.8, 4) is 11.5 Å². The molecule has 3 aromatic rings. The molecule has 1 heterocycles. The van der Waals surface area contributed by atoms with E-state index in [1.54, 1.807) is 7.11 Å². The number of ether oxygens (including phenoxy) is 2. The van der Waals surface area contributed by atoms with Crippen LogP contribution in [0.25, 0.3) is 0 Å². The largest absolute Gasteiger partial charge is 0.495 e. The Kier molecular flexibility index (Phi) is 6.20. The van der Waals surface area contributed by atoms with Gasteiger partial charge in [-0.15, -0.1) is 0 Å². The minimum atomic E-state index is -0.316. The SMILES string of the molecule is CCOc1ccc(C2CC(=O)C3=C(C2)Nc2ccccc2NC3c2ccc(OC)c(Cl)c2)cc1. The number of carbonyl (C=O) groups excluding carboxylic acids is 1. The van der Waals surface area contributed by atoms with Crippen LogP contribution >= 0.6 is 11.6 Å². The number of methoxy groups -OCH3 is 1. The maximum atomic E-state index is 13.7. The van der Waals surface area contributed by atoms with Crippen LogP contribution in [0, 0.1) is 0 Å². The number of allylic oxidation sites excluding steroid dienone is 1. The highest BCUT2D eigenvalue weighted by molar-refractivity contribution is 6.32. The fraction of sp³-hybridized carbons (Fsp3) is 0.250. The lowest BCUT2D eigenvalue weighted by molar-refractivity contribution is -0.116. The van der Waals surface area contributed by atoms with Crippen molar-refractivity contribution < 1.29 is 14.3 Å². The summed E-state index contributed by atoms with van der Waals surface area (Å²) in [7, 11) is 1.59. The summed E-state index contributed by atoms with van der Waals surface area (Å²) in [4.78, 5) is 13.7. The Balaban J connectivity index is 1.55. The third-order valence-corrected chi connectivity index (χ3v) is 6.78. The van der Waals surface area contributed by atoms with Gasteiger partial charge in [0.15, 0.2) is 5.78 Å². The van der Waals surface area contributed by atoms with Gasteiger partial charge in [-0.2, -0.15) is 0 Å². The molecular weight excluding hydrogens is 448 g/mol. The predicted molar refractivity (Wildman–Crippen MR) is 136 cm³/mol. The van der Waals surface area contributed by atoms with Crippen molar-refractivity contribution in [2.75, 3.05) is 24.4 Å². The van der Waals surface area contributed by atoms with Crippen LogP contribution < -0.4 is 20.1 Å². The zero-order valence-electron chi connectivity index (χ0n) is 19.2. The van der Waals surface area contributed by atoms with E-state index in [1.165, 1.54) is 0 Å². The molecule has 0 saturated heterocycles. The quantitative estimate of drug-likeness (QED) is 0.429. The lowest BCUT2D eigenvalue weighted by Gasteiger charge is -2.30. The number of fused-ring (bicyclic) bond motifs is 1. The van der Waals surface area contributed by atoms with Crippen LogP contribution in [0.3, 0.4) is 0 Å². The zero-order chi connectivity index (χ0) is 23.7. The first kappa shape index (κ1) is 22.4. The monoisotopic (exact) mass is 474 g/mol. The lowest BCUT2D eigenvalue weighted by atomic mass is 9.78. The molecular formula is C28H27ClN2O3. The molecule has 0 bridgehead atoms. The van der Waals surface area contributed by atoms with E-state index in [0.29, 0.717) is 23.8 Å². The maximum Gasteiger partial charge on any atom is 0.163 e. The minimum absolute atomic E-state index is 0.0970. The lowest BCUT2D eigenvalue weighted by Crippen LogP contribution is -2.26. The van der Waals surface area contributed by atoms with E-state index >= 15 is 0 Å². The van der Waals surface area contributed by atoms with Crippen molar-refractivity contribution in [3.63, 3.8) is 0 Å². The summed E-state index contributed by atoms with van der Waals surface area (Å²) in [5.41, 5.74) is 5.67. The molecule has 174 valence electrons. The second-order valence-corrected chi connectivity index (χ2v) is 8.97. The molecule has 0 aromatic heterocycles. The zero-order valence-corrected chi connectivity index (χ0v) is 20.0. The highest BCUT2D eigenvalue weighted by atomic mass is 35.5. The topological polar surface area (TPSA) is 59.6 Å². The first-order valence-corrected chi connectivity index (χ1v) is 11.9. The first-order valence-electron chi connectivity index (χ1n) is 11.5.